The molecule has 19 heavy (non-hydrogen) atoms. The molecule has 2 unspecified atom stereocenters. The molecule has 0 amide bonds. The van der Waals surface area contributed by atoms with Crippen molar-refractivity contribution < 1.29 is 0 Å². The molecule has 1 aromatic rings. The highest BCUT2D eigenvalue weighted by Crippen LogP contribution is 2.30. The molecule has 1 aliphatic rings. The summed E-state index contributed by atoms with van der Waals surface area (Å²) in [6, 6.07) is 3.31. The van der Waals surface area contributed by atoms with Crippen LogP contribution in [0.25, 0.3) is 0 Å². The van der Waals surface area contributed by atoms with Crippen LogP contribution in [-0.4, -0.2) is 48.6 Å². The summed E-state index contributed by atoms with van der Waals surface area (Å²) in [5, 5.41) is 2.19. The van der Waals surface area contributed by atoms with Gasteiger partial charge in [0.2, 0.25) is 0 Å². The van der Waals surface area contributed by atoms with Crippen LogP contribution >= 0.6 is 11.3 Å². The summed E-state index contributed by atoms with van der Waals surface area (Å²) in [6.07, 6.45) is 1.23. The van der Waals surface area contributed by atoms with E-state index >= 15 is 0 Å². The summed E-state index contributed by atoms with van der Waals surface area (Å²) in [6.45, 7) is 12.1. The SMILES string of the molecule is CCC1CN(C(CN)c2sccc2C)CCN1CC. The maximum Gasteiger partial charge on any atom is 0.0567 e. The number of likely N-dealkylation sites (N-methyl/N-ethyl adjacent to an activating group) is 1. The molecule has 2 N–H and O–H groups in total. The Balaban J connectivity index is 2.10. The van der Waals surface area contributed by atoms with E-state index in [0.29, 0.717) is 12.1 Å². The van der Waals surface area contributed by atoms with E-state index in [2.05, 4.69) is 42.0 Å². The van der Waals surface area contributed by atoms with Gasteiger partial charge in [0.25, 0.3) is 0 Å². The van der Waals surface area contributed by atoms with Crippen LogP contribution in [0, 0.1) is 6.92 Å². The topological polar surface area (TPSA) is 32.5 Å². The summed E-state index contributed by atoms with van der Waals surface area (Å²) >= 11 is 1.86. The first kappa shape index (κ1) is 15.0. The fourth-order valence-corrected chi connectivity index (χ4v) is 4.23. The summed E-state index contributed by atoms with van der Waals surface area (Å²) in [5.74, 6) is 0. The molecule has 0 bridgehead atoms. The minimum Gasteiger partial charge on any atom is -0.329 e. The third-order valence-corrected chi connectivity index (χ3v) is 5.50. The smallest absolute Gasteiger partial charge is 0.0567 e. The van der Waals surface area contributed by atoms with Gasteiger partial charge in [0, 0.05) is 37.1 Å². The van der Waals surface area contributed by atoms with Crippen LogP contribution in [0.15, 0.2) is 11.4 Å². The predicted octanol–water partition coefficient (Wildman–Crippen LogP) is 2.47. The minimum atomic E-state index is 0.410. The molecule has 108 valence electrons. The van der Waals surface area contributed by atoms with Crippen LogP contribution in [0.4, 0.5) is 0 Å². The van der Waals surface area contributed by atoms with Crippen LogP contribution in [0.2, 0.25) is 0 Å². The van der Waals surface area contributed by atoms with Gasteiger partial charge < -0.3 is 5.73 Å². The van der Waals surface area contributed by atoms with Crippen molar-refractivity contribution in [1.82, 2.24) is 9.80 Å². The molecule has 4 heteroatoms. The van der Waals surface area contributed by atoms with Gasteiger partial charge in [-0.25, -0.2) is 0 Å². The molecule has 0 spiro atoms. The number of thiophene rings is 1. The lowest BCUT2D eigenvalue weighted by Crippen LogP contribution is -2.54. The molecule has 2 rings (SSSR count). The van der Waals surface area contributed by atoms with E-state index in [4.69, 9.17) is 5.73 Å². The van der Waals surface area contributed by atoms with Crippen LogP contribution < -0.4 is 5.73 Å². The highest BCUT2D eigenvalue weighted by atomic mass is 32.1. The van der Waals surface area contributed by atoms with E-state index in [-0.39, 0.29) is 0 Å². The zero-order valence-electron chi connectivity index (χ0n) is 12.4. The molecule has 2 atom stereocenters. The Bertz CT molecular complexity index is 390. The van der Waals surface area contributed by atoms with Crippen molar-refractivity contribution in [2.75, 3.05) is 32.7 Å². The predicted molar refractivity (Wildman–Crippen MR) is 83.8 cm³/mol. The second-order valence-corrected chi connectivity index (χ2v) is 6.35. The fraction of sp³-hybridized carbons (Fsp3) is 0.733. The minimum absolute atomic E-state index is 0.410. The number of rotatable bonds is 5. The van der Waals surface area contributed by atoms with Gasteiger partial charge in [0.05, 0.1) is 6.04 Å². The molecule has 0 saturated carbocycles. The Morgan fingerprint density at radius 2 is 2.21 bits per heavy atom. The molecule has 3 nitrogen and oxygen atoms in total. The lowest BCUT2D eigenvalue weighted by Gasteiger charge is -2.43. The molecule has 0 aromatic carbocycles. The second-order valence-electron chi connectivity index (χ2n) is 5.40. The molecule has 0 radical (unpaired) electrons. The van der Waals surface area contributed by atoms with E-state index in [1.807, 2.05) is 11.3 Å². The van der Waals surface area contributed by atoms with E-state index in [1.54, 1.807) is 0 Å². The van der Waals surface area contributed by atoms with E-state index in [1.165, 1.54) is 23.4 Å². The lowest BCUT2D eigenvalue weighted by molar-refractivity contribution is 0.0517. The molecular formula is C15H27N3S. The first-order valence-electron chi connectivity index (χ1n) is 7.43. The molecular weight excluding hydrogens is 254 g/mol. The van der Waals surface area contributed by atoms with Gasteiger partial charge in [-0.3, -0.25) is 9.80 Å². The molecule has 0 aliphatic carbocycles. The van der Waals surface area contributed by atoms with Crippen LogP contribution in [-0.2, 0) is 0 Å². The third kappa shape index (κ3) is 3.19. The Morgan fingerprint density at radius 3 is 2.74 bits per heavy atom. The molecule has 1 aromatic heterocycles. The monoisotopic (exact) mass is 281 g/mol. The van der Waals surface area contributed by atoms with Gasteiger partial charge in [-0.05, 0) is 36.9 Å². The number of nitrogens with two attached hydrogens (primary N) is 1. The second kappa shape index (κ2) is 6.84. The largest absolute Gasteiger partial charge is 0.329 e. The Morgan fingerprint density at radius 1 is 1.42 bits per heavy atom. The number of hydrogen-bond acceptors (Lipinski definition) is 4. The van der Waals surface area contributed by atoms with E-state index in [0.717, 1.165) is 26.2 Å². The van der Waals surface area contributed by atoms with Gasteiger partial charge in [-0.15, -0.1) is 11.3 Å². The van der Waals surface area contributed by atoms with Crippen LogP contribution in [0.3, 0.4) is 0 Å². The normalized spacial score (nSPS) is 23.7. The zero-order valence-corrected chi connectivity index (χ0v) is 13.2. The fourth-order valence-electron chi connectivity index (χ4n) is 3.15. The average Bonchev–Trinajstić information content (AvgIpc) is 2.86. The van der Waals surface area contributed by atoms with Gasteiger partial charge in [-0.1, -0.05) is 13.8 Å². The van der Waals surface area contributed by atoms with Crippen LogP contribution in [0.5, 0.6) is 0 Å². The Hall–Kier alpha value is -0.420. The van der Waals surface area contributed by atoms with Crippen molar-refractivity contribution in [3.05, 3.63) is 21.9 Å². The van der Waals surface area contributed by atoms with Crippen molar-refractivity contribution >= 4 is 11.3 Å². The van der Waals surface area contributed by atoms with Crippen molar-refractivity contribution in [3.63, 3.8) is 0 Å². The molecule has 1 aliphatic heterocycles. The number of aryl methyl sites for hydroxylation is 1. The molecule has 1 fully saturated rings. The standard InChI is InChI=1S/C15H27N3S/c1-4-13-11-18(8-7-17(13)5-2)14(10-16)15-12(3)6-9-19-15/h6,9,13-14H,4-5,7-8,10-11,16H2,1-3H3. The summed E-state index contributed by atoms with van der Waals surface area (Å²) in [4.78, 5) is 6.66. The maximum atomic E-state index is 6.07. The highest BCUT2D eigenvalue weighted by molar-refractivity contribution is 7.10. The third-order valence-electron chi connectivity index (χ3n) is 4.38. The maximum absolute atomic E-state index is 6.07. The molecule has 2 heterocycles. The van der Waals surface area contributed by atoms with Crippen molar-refractivity contribution in [2.24, 2.45) is 5.73 Å². The number of nitrogens with zero attached hydrogens (tertiary/aromatic N) is 2. The molecule has 1 saturated heterocycles. The quantitative estimate of drug-likeness (QED) is 0.900. The lowest BCUT2D eigenvalue weighted by atomic mass is 10.0. The first-order valence-corrected chi connectivity index (χ1v) is 8.31. The Kier molecular flexibility index (Phi) is 5.39. The Labute approximate surface area is 121 Å². The summed E-state index contributed by atoms with van der Waals surface area (Å²) in [5.41, 5.74) is 7.46. The van der Waals surface area contributed by atoms with Gasteiger partial charge in [0.1, 0.15) is 0 Å². The number of hydrogen-bond donors (Lipinski definition) is 1. The van der Waals surface area contributed by atoms with E-state index < -0.39 is 0 Å². The first-order chi connectivity index (χ1) is 9.21. The summed E-state index contributed by atoms with van der Waals surface area (Å²) in [7, 11) is 0. The zero-order chi connectivity index (χ0) is 13.8. The van der Waals surface area contributed by atoms with Gasteiger partial charge in [0.15, 0.2) is 0 Å². The van der Waals surface area contributed by atoms with Gasteiger partial charge >= 0.3 is 0 Å². The summed E-state index contributed by atoms with van der Waals surface area (Å²) < 4.78 is 0. The van der Waals surface area contributed by atoms with Crippen molar-refractivity contribution in [3.8, 4) is 0 Å². The number of piperazine rings is 1. The van der Waals surface area contributed by atoms with Crippen molar-refractivity contribution in [2.45, 2.75) is 39.3 Å². The van der Waals surface area contributed by atoms with Crippen molar-refractivity contribution in [1.29, 1.82) is 0 Å². The van der Waals surface area contributed by atoms with Gasteiger partial charge in [-0.2, -0.15) is 0 Å². The highest BCUT2D eigenvalue weighted by Gasteiger charge is 2.30. The average molecular weight is 281 g/mol. The van der Waals surface area contributed by atoms with E-state index in [9.17, 15) is 0 Å². The van der Waals surface area contributed by atoms with Crippen LogP contribution in [0.1, 0.15) is 36.8 Å².